The molecule has 3 N–H and O–H groups in total. The lowest BCUT2D eigenvalue weighted by atomic mass is 10.0. The number of rotatable bonds is 43. The largest absolute Gasteiger partial charge is 0.573 e. The lowest BCUT2D eigenvalue weighted by Crippen LogP contribution is -2.49. The molecule has 0 aliphatic heterocycles. The highest BCUT2D eigenvalue weighted by molar-refractivity contribution is 5.78. The molecule has 0 saturated heterocycles. The lowest BCUT2D eigenvalue weighted by molar-refractivity contribution is -0.373. The number of aryl methyl sites for hydroxylation is 6. The molecular formula is C75H76F23N3O18. The summed E-state index contributed by atoms with van der Waals surface area (Å²) in [6.07, 6.45) is -44.0. The fourth-order valence-electron chi connectivity index (χ4n) is 10.3. The number of esters is 3. The molecule has 3 atom stereocenters. The predicted octanol–water partition coefficient (Wildman–Crippen LogP) is 17.6. The molecule has 0 aromatic heterocycles. The summed E-state index contributed by atoms with van der Waals surface area (Å²) in [5.41, 5.74) is 3.23. The van der Waals surface area contributed by atoms with E-state index in [2.05, 4.69) is 14.2 Å². The quantitative estimate of drug-likeness (QED) is 0.0139. The summed E-state index contributed by atoms with van der Waals surface area (Å²) in [6.45, 7) is -8.75. The minimum Gasteiger partial charge on any atom is -0.489 e. The second-order valence-corrected chi connectivity index (χ2v) is 25.1. The third kappa shape index (κ3) is 42.4. The van der Waals surface area contributed by atoms with Crippen molar-refractivity contribution < 1.29 is 188 Å². The fraction of sp³-hybridized carbons (Fsp3) is 0.440. The molecule has 0 bridgehead atoms. The van der Waals surface area contributed by atoms with Gasteiger partial charge in [0.05, 0.1) is 38.5 Å². The average molecular weight is 1740 g/mol. The van der Waals surface area contributed by atoms with Gasteiger partial charge < -0.3 is 58.0 Å². The second kappa shape index (κ2) is 47.1. The summed E-state index contributed by atoms with van der Waals surface area (Å²) < 4.78 is 337. The smallest absolute Gasteiger partial charge is 0.489 e. The van der Waals surface area contributed by atoms with E-state index in [0.717, 1.165) is 19.2 Å². The highest BCUT2D eigenvalue weighted by Gasteiger charge is 2.54. The molecule has 6 aromatic rings. The Hall–Kier alpha value is -10.8. The van der Waals surface area contributed by atoms with E-state index < -0.39 is 210 Å². The van der Waals surface area contributed by atoms with Crippen molar-refractivity contribution >= 4 is 35.8 Å². The van der Waals surface area contributed by atoms with Crippen molar-refractivity contribution in [3.63, 3.8) is 0 Å². The Morgan fingerprint density at radius 2 is 0.630 bits per heavy atom. The molecule has 0 radical (unpaired) electrons. The van der Waals surface area contributed by atoms with Crippen LogP contribution in [0.15, 0.2) is 146 Å². The zero-order chi connectivity index (χ0) is 89.1. The average Bonchev–Trinajstić information content (AvgIpc) is 0.827. The predicted molar refractivity (Wildman–Crippen MR) is 368 cm³/mol. The van der Waals surface area contributed by atoms with Gasteiger partial charge in [-0.15, -0.1) is 44.4 Å². The van der Waals surface area contributed by atoms with Crippen molar-refractivity contribution in [1.82, 2.24) is 14.7 Å². The van der Waals surface area contributed by atoms with E-state index in [9.17, 15) is 130 Å². The molecular weight excluding hydrogens is 1670 g/mol. The molecule has 21 nitrogen and oxygen atoms in total. The number of hydrogen-bond acceptors (Lipinski definition) is 18. The number of nitrogens with zero attached hydrogens (tertiary/aromatic N) is 3. The number of ether oxygens (including phenoxy) is 9. The molecule has 0 spiro atoms. The number of hydrogen-bond donors (Lipinski definition) is 3. The van der Waals surface area contributed by atoms with Crippen LogP contribution in [0.25, 0.3) is 0 Å². The van der Waals surface area contributed by atoms with Crippen LogP contribution in [0.2, 0.25) is 0 Å². The van der Waals surface area contributed by atoms with Crippen LogP contribution < -0.4 is 28.4 Å². The van der Waals surface area contributed by atoms with Crippen LogP contribution in [0, 0.1) is 0 Å². The zero-order valence-corrected chi connectivity index (χ0v) is 62.0. The van der Waals surface area contributed by atoms with Gasteiger partial charge in [-0.3, -0.25) is 28.8 Å². The molecule has 44 heteroatoms. The molecule has 0 saturated carbocycles. The maximum Gasteiger partial charge on any atom is 0.573 e. The molecule has 0 heterocycles. The number of alkyl halides is 23. The standard InChI is InChI=1S/C25H24F9NO6.C25H25F8NO6.C25H27F6NO6/c26-23(27,28)35(24(29,30)31)13-12-19(40-22(38)11-10-21(36)37)15-39-20-7-2-1-5-17(20)9-8-16-4-3-6-18(14-16)41-25(32,33)34;26-23(27)34(24(28,29)30)13-12-19(39-22(37)11-10-21(35)36)15-38-20-7-2-1-5-17(20)9-8-16-4-3-6-18(14-16)40-25(31,32)33;1-32(24(26,27)28)14-13-20(37-23(35)12-11-22(33)34)16-36-21-8-3-2-6-18(21)10-9-17-5-4-7-19(15-17)38-25(29,30)31/h1-7,14,19H,8-13,15H2,(H,36,37);1-7,14,19,23H,8-13,15H2,(H,35,36);2-8,15,20H,9-14,16H2,1H3,(H,33,34). The number of aliphatic carboxylic acids is 3. The first-order chi connectivity index (χ1) is 55.3. The molecule has 0 aliphatic carbocycles. The van der Waals surface area contributed by atoms with E-state index in [1.165, 1.54) is 60.7 Å². The van der Waals surface area contributed by atoms with Gasteiger partial charge in [0.2, 0.25) is 0 Å². The van der Waals surface area contributed by atoms with Crippen molar-refractivity contribution in [2.24, 2.45) is 0 Å². The van der Waals surface area contributed by atoms with Gasteiger partial charge in [-0.25, -0.2) is 4.90 Å². The van der Waals surface area contributed by atoms with E-state index in [0.29, 0.717) is 52.0 Å². The van der Waals surface area contributed by atoms with Gasteiger partial charge in [0.1, 0.15) is 72.6 Å². The minimum atomic E-state index is -5.77. The summed E-state index contributed by atoms with van der Waals surface area (Å²) in [6, 6.07) is 35.1. The highest BCUT2D eigenvalue weighted by Crippen LogP contribution is 2.36. The van der Waals surface area contributed by atoms with Gasteiger partial charge in [0, 0.05) is 38.9 Å². The maximum atomic E-state index is 12.9. The van der Waals surface area contributed by atoms with E-state index >= 15 is 0 Å². The third-order valence-electron chi connectivity index (χ3n) is 15.9. The molecule has 660 valence electrons. The number of halogens is 23. The van der Waals surface area contributed by atoms with Crippen LogP contribution in [0.3, 0.4) is 0 Å². The first-order valence-electron chi connectivity index (χ1n) is 35.0. The zero-order valence-electron chi connectivity index (χ0n) is 62.0. The van der Waals surface area contributed by atoms with Crippen LogP contribution in [0.5, 0.6) is 34.5 Å². The molecule has 0 fully saturated rings. The Kier molecular flexibility index (Phi) is 39.8. The van der Waals surface area contributed by atoms with Crippen LogP contribution in [-0.2, 0) is 81.5 Å². The van der Waals surface area contributed by atoms with Crippen molar-refractivity contribution in [3.05, 3.63) is 179 Å². The van der Waals surface area contributed by atoms with Gasteiger partial charge in [0.25, 0.3) is 0 Å². The van der Waals surface area contributed by atoms with Gasteiger partial charge in [-0.1, -0.05) is 91.0 Å². The van der Waals surface area contributed by atoms with Crippen molar-refractivity contribution in [2.75, 3.05) is 46.5 Å². The van der Waals surface area contributed by atoms with Crippen molar-refractivity contribution in [3.8, 4) is 34.5 Å². The monoisotopic (exact) mass is 1740 g/mol. The Labute approximate surface area is 661 Å². The second-order valence-electron chi connectivity index (χ2n) is 25.1. The van der Waals surface area contributed by atoms with E-state index in [1.807, 2.05) is 0 Å². The number of para-hydroxylation sites is 3. The number of carboxylic acids is 3. The lowest BCUT2D eigenvalue weighted by Gasteiger charge is -2.28. The summed E-state index contributed by atoms with van der Waals surface area (Å²) in [7, 11) is 0.841. The normalized spacial score (nSPS) is 12.9. The molecule has 0 amide bonds. The van der Waals surface area contributed by atoms with E-state index in [4.69, 9.17) is 43.7 Å². The number of carbonyl (C=O) groups excluding carboxylic acids is 3. The van der Waals surface area contributed by atoms with Crippen LogP contribution in [0.1, 0.15) is 91.2 Å². The van der Waals surface area contributed by atoms with Gasteiger partial charge in [-0.2, -0.15) is 66.4 Å². The van der Waals surface area contributed by atoms with Gasteiger partial charge in [-0.05, 0) is 134 Å². The van der Waals surface area contributed by atoms with Gasteiger partial charge >= 0.3 is 86.7 Å². The van der Waals surface area contributed by atoms with Crippen LogP contribution >= 0.6 is 0 Å². The Bertz CT molecular complexity index is 4130. The summed E-state index contributed by atoms with van der Waals surface area (Å²) in [5.74, 6) is -7.54. The number of carbonyl (C=O) groups is 6. The van der Waals surface area contributed by atoms with E-state index in [-0.39, 0.29) is 60.9 Å². The van der Waals surface area contributed by atoms with E-state index in [1.54, 1.807) is 72.8 Å². The first-order valence-corrected chi connectivity index (χ1v) is 35.0. The first kappa shape index (κ1) is 101. The summed E-state index contributed by atoms with van der Waals surface area (Å²) in [4.78, 5) is 65.4. The third-order valence-corrected chi connectivity index (χ3v) is 15.9. The maximum absolute atomic E-state index is 12.9. The molecule has 119 heavy (non-hydrogen) atoms. The Balaban J connectivity index is 0.000000375. The fourth-order valence-corrected chi connectivity index (χ4v) is 10.3. The number of benzene rings is 6. The topological polar surface area (TPSA) is 256 Å². The van der Waals surface area contributed by atoms with Gasteiger partial charge in [0.15, 0.2) is 0 Å². The molecule has 6 rings (SSSR count). The molecule has 6 aromatic carbocycles. The Morgan fingerprint density at radius 3 is 0.891 bits per heavy atom. The minimum absolute atomic E-state index is 0.121. The highest BCUT2D eigenvalue weighted by atomic mass is 19.4. The summed E-state index contributed by atoms with van der Waals surface area (Å²) >= 11 is 0. The number of carboxylic acid groups (broad SMARTS) is 3. The van der Waals surface area contributed by atoms with Crippen molar-refractivity contribution in [2.45, 2.75) is 165 Å². The molecule has 3 unspecified atom stereocenters. The SMILES string of the molecule is CN(CCC(COc1ccccc1CCc1cccc(OC(F)(F)F)c1)OC(=O)CCC(=O)O)C(F)(F)F.O=C(O)CCC(=O)OC(CCN(C(F)(F)F)C(F)(F)F)COc1ccccc1CCc1cccc(OC(F)(F)F)c1.O=C(O)CCC(=O)OC(CCN(C(F)F)C(F)(F)F)COc1ccccc1CCc1cccc(OC(F)(F)F)c1. The molecule has 0 aliphatic rings. The Morgan fingerprint density at radius 1 is 0.345 bits per heavy atom. The summed E-state index contributed by atoms with van der Waals surface area (Å²) in [5, 5.41) is 26.1. The van der Waals surface area contributed by atoms with Crippen molar-refractivity contribution in [1.29, 1.82) is 0 Å². The van der Waals surface area contributed by atoms with Crippen LogP contribution in [-0.4, -0.2) is 181 Å². The van der Waals surface area contributed by atoms with Crippen LogP contribution in [0.4, 0.5) is 101 Å².